The summed E-state index contributed by atoms with van der Waals surface area (Å²) in [6.07, 6.45) is 0. The van der Waals surface area contributed by atoms with Gasteiger partial charge in [0.25, 0.3) is 0 Å². The summed E-state index contributed by atoms with van der Waals surface area (Å²) < 4.78 is 0. The molecule has 5 heteroatoms. The molecule has 0 saturated carbocycles. The number of fused-ring (bicyclic) bond motifs is 9. The van der Waals surface area contributed by atoms with Gasteiger partial charge in [0.2, 0.25) is 0 Å². The van der Waals surface area contributed by atoms with E-state index in [2.05, 4.69) is 127 Å². The second kappa shape index (κ2) is 13.7. The molecule has 11 rings (SSSR count). The fourth-order valence-corrected chi connectivity index (χ4v) is 10.1. The van der Waals surface area contributed by atoms with Crippen LogP contribution in [0.5, 0.6) is 0 Å². The lowest BCUT2D eigenvalue weighted by Crippen LogP contribution is -2.32. The molecule has 2 heterocycles. The molecule has 270 valence electrons. The molecule has 2 aliphatic rings. The monoisotopic (exact) mass is 756 g/mol. The molecule has 58 heavy (non-hydrogen) atoms. The third-order valence-electron chi connectivity index (χ3n) is 11.5. The zero-order valence-electron chi connectivity index (χ0n) is 31.2. The van der Waals surface area contributed by atoms with Gasteiger partial charge in [-0.15, -0.1) is 0 Å². The van der Waals surface area contributed by atoms with Gasteiger partial charge in [0.1, 0.15) is 0 Å². The average molecular weight is 757 g/mol. The minimum atomic E-state index is -0.534. The standard InChI is InChI=1S/C53H32N4S/c54-33-34-22-24-36(25-23-34)41-18-11-21-46-49(41)58-48-31-30-40(32-47(48)53(46)44-19-9-7-16-42(44)43-17-8-10-20-45(43)53)35-26-28-39(29-27-35)52-56-50(37-12-3-1-4-13-37)55-51(57-52)38-14-5-2-6-15-38/h1-32H. The van der Waals surface area contributed by atoms with Crippen LogP contribution >= 0.6 is 11.8 Å². The lowest BCUT2D eigenvalue weighted by molar-refractivity contribution is 0.723. The van der Waals surface area contributed by atoms with E-state index in [0.29, 0.717) is 23.0 Å². The smallest absolute Gasteiger partial charge is 0.164 e. The van der Waals surface area contributed by atoms with E-state index in [1.54, 1.807) is 0 Å². The van der Waals surface area contributed by atoms with Crippen LogP contribution in [0.3, 0.4) is 0 Å². The molecular formula is C53H32N4S. The number of aromatic nitrogens is 3. The lowest BCUT2D eigenvalue weighted by Gasteiger charge is -2.40. The highest BCUT2D eigenvalue weighted by molar-refractivity contribution is 7.99. The first-order valence-electron chi connectivity index (χ1n) is 19.3. The molecule has 0 N–H and O–H groups in total. The Morgan fingerprint density at radius 1 is 0.379 bits per heavy atom. The van der Waals surface area contributed by atoms with E-state index < -0.39 is 5.41 Å². The van der Waals surface area contributed by atoms with Gasteiger partial charge in [-0.25, -0.2) is 15.0 Å². The minimum absolute atomic E-state index is 0.534. The highest BCUT2D eigenvalue weighted by Gasteiger charge is 2.50. The summed E-state index contributed by atoms with van der Waals surface area (Å²) in [6, 6.07) is 70.5. The SMILES string of the molecule is N#Cc1ccc(-c2cccc3c2Sc2ccc(-c4ccc(-c5nc(-c6ccccc6)nc(-c6ccccc6)n5)cc4)cc2C32c3ccccc3-c3ccccc32)cc1. The first-order valence-corrected chi connectivity index (χ1v) is 20.1. The van der Waals surface area contributed by atoms with Crippen LogP contribution < -0.4 is 0 Å². The van der Waals surface area contributed by atoms with Crippen molar-refractivity contribution in [1.82, 2.24) is 15.0 Å². The van der Waals surface area contributed by atoms with Crippen molar-refractivity contribution in [2.24, 2.45) is 0 Å². The van der Waals surface area contributed by atoms with Crippen molar-refractivity contribution in [3.05, 3.63) is 222 Å². The predicted molar refractivity (Wildman–Crippen MR) is 233 cm³/mol. The van der Waals surface area contributed by atoms with Crippen LogP contribution in [0.2, 0.25) is 0 Å². The van der Waals surface area contributed by atoms with E-state index in [4.69, 9.17) is 15.0 Å². The number of rotatable bonds is 5. The number of nitrogens with zero attached hydrogens (tertiary/aromatic N) is 4. The van der Waals surface area contributed by atoms with Gasteiger partial charge in [-0.05, 0) is 79.9 Å². The molecule has 0 amide bonds. The third-order valence-corrected chi connectivity index (χ3v) is 12.7. The third kappa shape index (κ3) is 5.34. The number of hydrogen-bond donors (Lipinski definition) is 0. The highest BCUT2D eigenvalue weighted by atomic mass is 32.2. The maximum atomic E-state index is 9.53. The summed E-state index contributed by atoms with van der Waals surface area (Å²) in [5.74, 6) is 1.92. The van der Waals surface area contributed by atoms with Crippen molar-refractivity contribution in [1.29, 1.82) is 5.26 Å². The summed E-state index contributed by atoms with van der Waals surface area (Å²) in [5.41, 5.74) is 15.1. The molecule has 0 radical (unpaired) electrons. The second-order valence-electron chi connectivity index (χ2n) is 14.6. The Labute approximate surface area is 341 Å². The van der Waals surface area contributed by atoms with E-state index >= 15 is 0 Å². The molecule has 0 unspecified atom stereocenters. The summed E-state index contributed by atoms with van der Waals surface area (Å²) in [7, 11) is 0. The summed E-state index contributed by atoms with van der Waals surface area (Å²) in [4.78, 5) is 17.3. The van der Waals surface area contributed by atoms with Crippen molar-refractivity contribution in [3.63, 3.8) is 0 Å². The van der Waals surface area contributed by atoms with E-state index in [0.717, 1.165) is 33.4 Å². The maximum Gasteiger partial charge on any atom is 0.164 e. The van der Waals surface area contributed by atoms with Crippen molar-refractivity contribution in [2.75, 3.05) is 0 Å². The van der Waals surface area contributed by atoms with Crippen molar-refractivity contribution < 1.29 is 0 Å². The second-order valence-corrected chi connectivity index (χ2v) is 15.7. The van der Waals surface area contributed by atoms with Crippen LogP contribution in [-0.4, -0.2) is 15.0 Å². The zero-order valence-corrected chi connectivity index (χ0v) is 32.0. The fraction of sp³-hybridized carbons (Fsp3) is 0.0189. The number of hydrogen-bond acceptors (Lipinski definition) is 5. The lowest BCUT2D eigenvalue weighted by atomic mass is 9.66. The minimum Gasteiger partial charge on any atom is -0.208 e. The molecule has 0 saturated heterocycles. The van der Waals surface area contributed by atoms with Crippen molar-refractivity contribution in [3.8, 4) is 73.6 Å². The molecule has 4 nitrogen and oxygen atoms in total. The molecule has 0 bridgehead atoms. The van der Waals surface area contributed by atoms with Gasteiger partial charge < -0.3 is 0 Å². The van der Waals surface area contributed by atoms with Crippen LogP contribution in [-0.2, 0) is 5.41 Å². The Morgan fingerprint density at radius 3 is 1.43 bits per heavy atom. The molecule has 1 aromatic heterocycles. The van der Waals surface area contributed by atoms with Crippen LogP contribution in [0.25, 0.3) is 67.5 Å². The van der Waals surface area contributed by atoms with Crippen LogP contribution in [0, 0.1) is 11.3 Å². The van der Waals surface area contributed by atoms with E-state index in [-0.39, 0.29) is 0 Å². The quantitative estimate of drug-likeness (QED) is 0.175. The van der Waals surface area contributed by atoms with Crippen molar-refractivity contribution in [2.45, 2.75) is 15.2 Å². The first-order chi connectivity index (χ1) is 28.7. The van der Waals surface area contributed by atoms with E-state index in [1.807, 2.05) is 84.6 Å². The molecule has 8 aromatic carbocycles. The Kier molecular flexibility index (Phi) is 7.99. The van der Waals surface area contributed by atoms with Gasteiger partial charge in [0.05, 0.1) is 17.0 Å². The van der Waals surface area contributed by atoms with Crippen LogP contribution in [0.1, 0.15) is 27.8 Å². The zero-order chi connectivity index (χ0) is 38.6. The van der Waals surface area contributed by atoms with E-state index in [1.165, 1.54) is 48.7 Å². The van der Waals surface area contributed by atoms with Crippen molar-refractivity contribution >= 4 is 11.8 Å². The van der Waals surface area contributed by atoms with E-state index in [9.17, 15) is 5.26 Å². The fourth-order valence-electron chi connectivity index (χ4n) is 8.81. The van der Waals surface area contributed by atoms with Gasteiger partial charge in [0.15, 0.2) is 17.5 Å². The summed E-state index contributed by atoms with van der Waals surface area (Å²) >= 11 is 1.84. The maximum absolute atomic E-state index is 9.53. The summed E-state index contributed by atoms with van der Waals surface area (Å²) in [5, 5.41) is 9.53. The highest BCUT2D eigenvalue weighted by Crippen LogP contribution is 2.63. The number of benzene rings is 8. The van der Waals surface area contributed by atoms with Crippen LogP contribution in [0.15, 0.2) is 204 Å². The van der Waals surface area contributed by atoms with Gasteiger partial charge in [-0.1, -0.05) is 182 Å². The van der Waals surface area contributed by atoms with Gasteiger partial charge in [-0.2, -0.15) is 5.26 Å². The molecule has 0 fully saturated rings. The Hall–Kier alpha value is -7.39. The van der Waals surface area contributed by atoms with Gasteiger partial charge >= 0.3 is 0 Å². The Bertz CT molecular complexity index is 2980. The molecule has 1 aliphatic carbocycles. The molecule has 1 aliphatic heterocycles. The topological polar surface area (TPSA) is 62.5 Å². The van der Waals surface area contributed by atoms with Gasteiger partial charge in [-0.3, -0.25) is 0 Å². The molecule has 0 atom stereocenters. The molecule has 1 spiro atoms. The number of nitriles is 1. The Morgan fingerprint density at radius 2 is 0.845 bits per heavy atom. The average Bonchev–Trinajstić information content (AvgIpc) is 3.60. The first kappa shape index (κ1) is 33.9. The Balaban J connectivity index is 1.06. The summed E-state index contributed by atoms with van der Waals surface area (Å²) in [6.45, 7) is 0. The largest absolute Gasteiger partial charge is 0.208 e. The van der Waals surface area contributed by atoms with Crippen LogP contribution in [0.4, 0.5) is 0 Å². The molecular weight excluding hydrogens is 725 g/mol. The predicted octanol–water partition coefficient (Wildman–Crippen LogP) is 12.9. The van der Waals surface area contributed by atoms with Gasteiger partial charge in [0, 0.05) is 26.5 Å². The molecule has 9 aromatic rings. The normalized spacial score (nSPS) is 12.9.